The number of hydrogen-bond donors (Lipinski definition) is 3. The van der Waals surface area contributed by atoms with Crippen LogP contribution in [0.25, 0.3) is 11.0 Å². The summed E-state index contributed by atoms with van der Waals surface area (Å²) in [6, 6.07) is 8.73. The van der Waals surface area contributed by atoms with Gasteiger partial charge in [0.25, 0.3) is 0 Å². The third kappa shape index (κ3) is 6.63. The smallest absolute Gasteiger partial charge is 0.245 e. The van der Waals surface area contributed by atoms with Crippen molar-refractivity contribution >= 4 is 38.5 Å². The van der Waals surface area contributed by atoms with Gasteiger partial charge >= 0.3 is 0 Å². The number of para-hydroxylation sites is 1. The Bertz CT molecular complexity index is 1330. The van der Waals surface area contributed by atoms with Crippen molar-refractivity contribution in [3.63, 3.8) is 0 Å². The highest BCUT2D eigenvalue weighted by Gasteiger charge is 2.29. The Morgan fingerprint density at radius 3 is 2.61 bits per heavy atom. The first-order valence-corrected chi connectivity index (χ1v) is 14.7. The summed E-state index contributed by atoms with van der Waals surface area (Å²) in [6.07, 6.45) is 5.20. The monoisotopic (exact) mass is 541 g/mol. The van der Waals surface area contributed by atoms with Gasteiger partial charge < -0.3 is 20.5 Å². The number of anilines is 2. The summed E-state index contributed by atoms with van der Waals surface area (Å²) < 4.78 is 28.7. The molecule has 0 aliphatic carbocycles. The number of rotatable bonds is 11. The van der Waals surface area contributed by atoms with Gasteiger partial charge in [0, 0.05) is 38.4 Å². The number of aromatic amines is 1. The van der Waals surface area contributed by atoms with Gasteiger partial charge in [0.2, 0.25) is 15.9 Å². The molecule has 3 N–H and O–H groups in total. The standard InChI is InChI=1S/C27H39N7O3S/c1-19(2)15-34(16-20(3)4)38(36,37)24-10-6-5-9-23(24)29-14-25(35)32-21-8-7-13-33(17-21)27-22-11-12-28-26(22)30-18-31-27/h5-6,9-12,18-21,29H,7-8,13-17H2,1-4H3,(H,32,35)(H,28,30,31)/t21-/m1/s1. The van der Waals surface area contributed by atoms with E-state index in [-0.39, 0.29) is 35.2 Å². The lowest BCUT2D eigenvalue weighted by Gasteiger charge is -2.34. The number of benzene rings is 1. The van der Waals surface area contributed by atoms with Crippen LogP contribution in [0.4, 0.5) is 11.5 Å². The zero-order chi connectivity index (χ0) is 27.3. The van der Waals surface area contributed by atoms with E-state index < -0.39 is 10.0 Å². The van der Waals surface area contributed by atoms with Crippen molar-refractivity contribution in [3.8, 4) is 0 Å². The average Bonchev–Trinajstić information content (AvgIpc) is 3.36. The second-order valence-corrected chi connectivity index (χ2v) is 12.7. The molecule has 2 aromatic heterocycles. The summed E-state index contributed by atoms with van der Waals surface area (Å²) >= 11 is 0. The lowest BCUT2D eigenvalue weighted by atomic mass is 10.1. The van der Waals surface area contributed by atoms with E-state index in [1.54, 1.807) is 34.9 Å². The van der Waals surface area contributed by atoms with E-state index in [2.05, 4.69) is 30.5 Å². The van der Waals surface area contributed by atoms with Gasteiger partial charge in [-0.3, -0.25) is 4.79 Å². The van der Waals surface area contributed by atoms with Crippen LogP contribution in [-0.2, 0) is 14.8 Å². The Balaban J connectivity index is 1.41. The van der Waals surface area contributed by atoms with E-state index in [0.29, 0.717) is 25.3 Å². The molecule has 3 heterocycles. The molecule has 3 aromatic rings. The molecule has 0 bridgehead atoms. The minimum absolute atomic E-state index is 0.0209. The Hall–Kier alpha value is -3.18. The quantitative estimate of drug-likeness (QED) is 0.340. The fraction of sp³-hybridized carbons (Fsp3) is 0.519. The number of amides is 1. The van der Waals surface area contributed by atoms with Gasteiger partial charge in [-0.05, 0) is 42.9 Å². The largest absolute Gasteiger partial charge is 0.375 e. The zero-order valence-electron chi connectivity index (χ0n) is 22.6. The summed E-state index contributed by atoms with van der Waals surface area (Å²) in [6.45, 7) is 10.4. The first-order valence-electron chi connectivity index (χ1n) is 13.3. The number of sulfonamides is 1. The Kier molecular flexibility index (Phi) is 8.88. The van der Waals surface area contributed by atoms with Crippen molar-refractivity contribution in [1.29, 1.82) is 0 Å². The second kappa shape index (κ2) is 12.1. The van der Waals surface area contributed by atoms with Gasteiger partial charge in [0.15, 0.2) is 0 Å². The maximum atomic E-state index is 13.6. The number of carbonyl (C=O) groups is 1. The van der Waals surface area contributed by atoms with Crippen LogP contribution in [0.3, 0.4) is 0 Å². The Morgan fingerprint density at radius 2 is 1.87 bits per heavy atom. The predicted octanol–water partition coefficient (Wildman–Crippen LogP) is 3.46. The van der Waals surface area contributed by atoms with E-state index in [1.165, 1.54) is 0 Å². The van der Waals surface area contributed by atoms with Crippen LogP contribution in [0.15, 0.2) is 47.8 Å². The van der Waals surface area contributed by atoms with Gasteiger partial charge in [0.1, 0.15) is 22.7 Å². The molecule has 4 rings (SSSR count). The minimum atomic E-state index is -3.73. The van der Waals surface area contributed by atoms with Gasteiger partial charge in [-0.1, -0.05) is 39.8 Å². The normalized spacial score (nSPS) is 16.5. The summed E-state index contributed by atoms with van der Waals surface area (Å²) in [5.41, 5.74) is 1.22. The molecule has 1 aromatic carbocycles. The molecule has 206 valence electrons. The van der Waals surface area contributed by atoms with E-state index >= 15 is 0 Å². The molecule has 1 atom stereocenters. The molecule has 1 fully saturated rings. The van der Waals surface area contributed by atoms with Crippen LogP contribution < -0.4 is 15.5 Å². The van der Waals surface area contributed by atoms with Crippen LogP contribution in [0.5, 0.6) is 0 Å². The Labute approximate surface area is 225 Å². The van der Waals surface area contributed by atoms with Crippen molar-refractivity contribution < 1.29 is 13.2 Å². The van der Waals surface area contributed by atoms with Crippen LogP contribution in [0.1, 0.15) is 40.5 Å². The number of aromatic nitrogens is 3. The summed E-state index contributed by atoms with van der Waals surface area (Å²) in [5, 5.41) is 7.15. The topological polar surface area (TPSA) is 123 Å². The highest BCUT2D eigenvalue weighted by Crippen LogP contribution is 2.27. The minimum Gasteiger partial charge on any atom is -0.375 e. The first-order chi connectivity index (χ1) is 18.1. The van der Waals surface area contributed by atoms with Crippen molar-refractivity contribution in [1.82, 2.24) is 24.6 Å². The molecule has 11 heteroatoms. The second-order valence-electron chi connectivity index (χ2n) is 10.7. The Morgan fingerprint density at radius 1 is 1.13 bits per heavy atom. The molecule has 0 spiro atoms. The number of piperidine rings is 1. The molecule has 1 saturated heterocycles. The molecule has 1 amide bonds. The fourth-order valence-corrected chi connectivity index (χ4v) is 6.85. The molecule has 0 radical (unpaired) electrons. The number of nitrogens with zero attached hydrogens (tertiary/aromatic N) is 4. The zero-order valence-corrected chi connectivity index (χ0v) is 23.5. The van der Waals surface area contributed by atoms with Gasteiger partial charge in [0.05, 0.1) is 17.6 Å². The molecule has 0 saturated carbocycles. The molecule has 10 nitrogen and oxygen atoms in total. The number of nitrogens with one attached hydrogen (secondary N) is 3. The molecule has 38 heavy (non-hydrogen) atoms. The van der Waals surface area contributed by atoms with Crippen molar-refractivity contribution in [3.05, 3.63) is 42.9 Å². The highest BCUT2D eigenvalue weighted by atomic mass is 32.2. The van der Waals surface area contributed by atoms with E-state index in [9.17, 15) is 13.2 Å². The van der Waals surface area contributed by atoms with Gasteiger partial charge in [-0.15, -0.1) is 0 Å². The maximum Gasteiger partial charge on any atom is 0.245 e. The van der Waals surface area contributed by atoms with E-state index in [0.717, 1.165) is 36.2 Å². The number of carbonyl (C=O) groups excluding carboxylic acids is 1. The highest BCUT2D eigenvalue weighted by molar-refractivity contribution is 7.89. The fourth-order valence-electron chi connectivity index (χ4n) is 4.91. The first kappa shape index (κ1) is 27.8. The SMILES string of the molecule is CC(C)CN(CC(C)C)S(=O)(=O)c1ccccc1NCC(=O)N[C@@H]1CCCN(c2ncnc3[nH]ccc23)C1. The molecular formula is C27H39N7O3S. The third-order valence-electron chi connectivity index (χ3n) is 6.50. The van der Waals surface area contributed by atoms with Crippen LogP contribution in [0.2, 0.25) is 0 Å². The van der Waals surface area contributed by atoms with Crippen LogP contribution >= 0.6 is 0 Å². The molecule has 0 unspecified atom stereocenters. The van der Waals surface area contributed by atoms with Crippen LogP contribution in [0, 0.1) is 11.8 Å². The van der Waals surface area contributed by atoms with Crippen LogP contribution in [-0.4, -0.2) is 72.3 Å². The summed E-state index contributed by atoms with van der Waals surface area (Å²) in [7, 11) is -3.73. The number of H-pyrrole nitrogens is 1. The predicted molar refractivity (Wildman–Crippen MR) is 151 cm³/mol. The lowest BCUT2D eigenvalue weighted by Crippen LogP contribution is -2.49. The van der Waals surface area contributed by atoms with Crippen molar-refractivity contribution in [2.45, 2.75) is 51.5 Å². The maximum absolute atomic E-state index is 13.6. The molecule has 1 aliphatic rings. The molecular weight excluding hydrogens is 502 g/mol. The van der Waals surface area contributed by atoms with E-state index in [4.69, 9.17) is 0 Å². The van der Waals surface area contributed by atoms with Gasteiger partial charge in [-0.2, -0.15) is 4.31 Å². The van der Waals surface area contributed by atoms with Gasteiger partial charge in [-0.25, -0.2) is 18.4 Å². The number of fused-ring (bicyclic) bond motifs is 1. The van der Waals surface area contributed by atoms with E-state index in [1.807, 2.05) is 40.0 Å². The average molecular weight is 542 g/mol. The van der Waals surface area contributed by atoms with Crippen molar-refractivity contribution in [2.24, 2.45) is 11.8 Å². The van der Waals surface area contributed by atoms with Crippen molar-refractivity contribution in [2.75, 3.05) is 42.9 Å². The third-order valence-corrected chi connectivity index (χ3v) is 8.39. The summed E-state index contributed by atoms with van der Waals surface area (Å²) in [4.78, 5) is 27.1. The lowest BCUT2D eigenvalue weighted by molar-refractivity contribution is -0.120. The number of hydrogen-bond acceptors (Lipinski definition) is 7. The summed E-state index contributed by atoms with van der Waals surface area (Å²) in [5.74, 6) is 1.07. The molecule has 1 aliphatic heterocycles.